The number of hydrogen-bond donors (Lipinski definition) is 1. The van der Waals surface area contributed by atoms with Crippen LogP contribution in [0.25, 0.3) is 0 Å². The number of hydrogen-bond acceptors (Lipinski definition) is 15. The van der Waals surface area contributed by atoms with Crippen molar-refractivity contribution >= 4 is 23.7 Å². The molecule has 4 fully saturated rings. The second-order valence-corrected chi connectivity index (χ2v) is 18.0. The Kier molecular flexibility index (Phi) is 15.5. The molecule has 0 bridgehead atoms. The molecule has 0 amide bonds. The predicted octanol–water partition coefficient (Wildman–Crippen LogP) is 4.22. The van der Waals surface area contributed by atoms with E-state index < -0.39 is 114 Å². The molecule has 0 aliphatic carbocycles. The summed E-state index contributed by atoms with van der Waals surface area (Å²) in [5.41, 5.74) is -3.51. The van der Waals surface area contributed by atoms with Crippen LogP contribution in [0.4, 0.5) is 0 Å². The monoisotopic (exact) mass is 813 g/mol. The fourth-order valence-electron chi connectivity index (χ4n) is 10.0. The molecule has 57 heavy (non-hydrogen) atoms. The van der Waals surface area contributed by atoms with E-state index in [1.165, 1.54) is 14.0 Å². The number of fused-ring (bicyclic) bond motifs is 1. The first-order valence-electron chi connectivity index (χ1n) is 20.7. The van der Waals surface area contributed by atoms with Crippen LogP contribution in [0.3, 0.4) is 0 Å². The lowest BCUT2D eigenvalue weighted by Gasteiger charge is -2.50. The molecule has 15 heteroatoms. The molecular formula is C42H71NO14. The Morgan fingerprint density at radius 2 is 1.51 bits per heavy atom. The maximum absolute atomic E-state index is 14.5. The van der Waals surface area contributed by atoms with Crippen LogP contribution >= 0.6 is 0 Å². The van der Waals surface area contributed by atoms with Gasteiger partial charge in [0, 0.05) is 57.3 Å². The van der Waals surface area contributed by atoms with Gasteiger partial charge in [-0.1, -0.05) is 27.7 Å². The minimum absolute atomic E-state index is 0.00171. The van der Waals surface area contributed by atoms with Crippen molar-refractivity contribution in [2.75, 3.05) is 28.3 Å². The van der Waals surface area contributed by atoms with Crippen molar-refractivity contribution in [2.45, 2.75) is 186 Å². The number of carbonyl (C=O) groups excluding carboxylic acids is 4. The molecule has 1 N–H and O–H groups in total. The lowest BCUT2D eigenvalue weighted by molar-refractivity contribution is -0.320. The third-order valence-electron chi connectivity index (χ3n) is 13.5. The van der Waals surface area contributed by atoms with E-state index in [2.05, 4.69) is 0 Å². The number of methoxy groups -OCH3 is 2. The van der Waals surface area contributed by atoms with Crippen molar-refractivity contribution < 1.29 is 66.9 Å². The molecule has 0 aromatic carbocycles. The largest absolute Gasteiger partial charge is 0.458 e. The highest BCUT2D eigenvalue weighted by molar-refractivity contribution is 5.85. The summed E-state index contributed by atoms with van der Waals surface area (Å²) in [6.07, 6.45) is -6.39. The van der Waals surface area contributed by atoms with Gasteiger partial charge in [-0.2, -0.15) is 0 Å². The molecule has 4 heterocycles. The normalized spacial score (nSPS) is 46.5. The zero-order valence-corrected chi connectivity index (χ0v) is 36.9. The van der Waals surface area contributed by atoms with E-state index >= 15 is 0 Å². The maximum atomic E-state index is 14.5. The number of esters is 3. The Bertz CT molecular complexity index is 1430. The van der Waals surface area contributed by atoms with Crippen LogP contribution in [0, 0.1) is 29.6 Å². The summed E-state index contributed by atoms with van der Waals surface area (Å²) in [7, 11) is 6.85. The fourth-order valence-corrected chi connectivity index (χ4v) is 10.0. The van der Waals surface area contributed by atoms with Gasteiger partial charge in [-0.05, 0) is 74.9 Å². The van der Waals surface area contributed by atoms with Gasteiger partial charge in [0.1, 0.15) is 29.2 Å². The van der Waals surface area contributed by atoms with Gasteiger partial charge in [-0.15, -0.1) is 0 Å². The van der Waals surface area contributed by atoms with Crippen LogP contribution in [-0.4, -0.2) is 140 Å². The molecule has 0 spiro atoms. The first-order valence-corrected chi connectivity index (χ1v) is 20.7. The number of rotatable bonds is 9. The van der Waals surface area contributed by atoms with E-state index in [1.54, 1.807) is 34.8 Å². The Morgan fingerprint density at radius 3 is 2.07 bits per heavy atom. The first kappa shape index (κ1) is 47.4. The number of cyclic esters (lactones) is 1. The average molecular weight is 814 g/mol. The summed E-state index contributed by atoms with van der Waals surface area (Å²) in [5, 5.41) is 11.7. The zero-order valence-electron chi connectivity index (χ0n) is 36.9. The lowest BCUT2D eigenvalue weighted by atomic mass is 9.70. The van der Waals surface area contributed by atoms with Crippen molar-refractivity contribution in [3.05, 3.63) is 0 Å². The Balaban J connectivity index is 1.87. The minimum Gasteiger partial charge on any atom is -0.458 e. The Hall–Kier alpha value is -2.24. The van der Waals surface area contributed by atoms with E-state index in [1.807, 2.05) is 60.5 Å². The van der Waals surface area contributed by atoms with E-state index in [9.17, 15) is 24.3 Å². The Labute approximate surface area is 339 Å². The summed E-state index contributed by atoms with van der Waals surface area (Å²) in [6.45, 7) is 19.5. The third-order valence-corrected chi connectivity index (χ3v) is 13.5. The summed E-state index contributed by atoms with van der Waals surface area (Å²) >= 11 is 0. The van der Waals surface area contributed by atoms with Gasteiger partial charge in [-0.3, -0.25) is 19.2 Å². The van der Waals surface area contributed by atoms with Gasteiger partial charge in [0.05, 0.1) is 42.4 Å². The summed E-state index contributed by atoms with van der Waals surface area (Å²) in [5.74, 6) is -5.11. The van der Waals surface area contributed by atoms with Crippen molar-refractivity contribution in [1.29, 1.82) is 0 Å². The topological polar surface area (TPSA) is 175 Å². The smallest absolute Gasteiger partial charge is 0.311 e. The van der Waals surface area contributed by atoms with Crippen LogP contribution < -0.4 is 0 Å². The summed E-state index contributed by atoms with van der Waals surface area (Å²) < 4.78 is 56.7. The zero-order chi connectivity index (χ0) is 42.9. The van der Waals surface area contributed by atoms with Gasteiger partial charge in [0.15, 0.2) is 18.7 Å². The number of likely N-dealkylation sites (N-methyl/N-ethyl adjacent to an activating group) is 1. The van der Waals surface area contributed by atoms with Crippen molar-refractivity contribution in [1.82, 2.24) is 4.90 Å². The van der Waals surface area contributed by atoms with Crippen molar-refractivity contribution in [3.8, 4) is 0 Å². The molecule has 4 rings (SSSR count). The van der Waals surface area contributed by atoms with Gasteiger partial charge >= 0.3 is 17.9 Å². The molecule has 4 aliphatic heterocycles. The maximum Gasteiger partial charge on any atom is 0.311 e. The van der Waals surface area contributed by atoms with Crippen LogP contribution in [0.5, 0.6) is 0 Å². The second kappa shape index (κ2) is 18.6. The molecule has 15 nitrogen and oxygen atoms in total. The highest BCUT2D eigenvalue weighted by Gasteiger charge is 2.58. The first-order chi connectivity index (χ1) is 26.5. The molecule has 4 saturated heterocycles. The number of Topliss-reactive ketones (excluding diaryl/α,β-unsaturated/α-hetero) is 1. The molecule has 0 aromatic heterocycles. The fraction of sp³-hybridized carbons (Fsp3) is 0.905. The molecule has 0 radical (unpaired) electrons. The number of aliphatic hydroxyl groups excluding tert-OH is 1. The molecular weight excluding hydrogens is 742 g/mol. The van der Waals surface area contributed by atoms with Gasteiger partial charge in [-0.25, -0.2) is 0 Å². The number of aliphatic hydroxyl groups is 1. The number of nitrogens with zero attached hydrogens (tertiary/aromatic N) is 1. The second-order valence-electron chi connectivity index (χ2n) is 18.0. The number of ether oxygens (including phenoxy) is 9. The summed E-state index contributed by atoms with van der Waals surface area (Å²) in [4.78, 5) is 56.0. The van der Waals surface area contributed by atoms with Gasteiger partial charge in [0.2, 0.25) is 0 Å². The molecule has 4 aliphatic rings. The number of ketones is 1. The van der Waals surface area contributed by atoms with Crippen molar-refractivity contribution in [3.63, 3.8) is 0 Å². The highest BCUT2D eigenvalue weighted by atomic mass is 16.7. The van der Waals surface area contributed by atoms with E-state index in [0.29, 0.717) is 12.8 Å². The number of carbonyl (C=O) groups is 4. The van der Waals surface area contributed by atoms with Crippen molar-refractivity contribution in [2.24, 2.45) is 29.6 Å². The minimum atomic E-state index is -1.26. The standard InChI is InChI=1S/C42H71NO14/c1-16-30-42(11)28(18-31(45)57-42)23(4)33(46)21(2)19-40(9,49-14)36(56-39-34(47)29(43(12)13)17-22(3)51-39)24(5)35(25(6)38(48)54-30)55-32-20-41(10,50-15)37(26(7)52-32)53-27(8)44/h21-26,28-30,32,34-37,39,47H,16-20H2,1-15H3/t21-,22-,23-,24+,25-,26+,28-,29+,30-,32?,34-,35+,36-,37+,39+,40-,41+,42+/m1/s1. The molecule has 0 saturated carbocycles. The lowest BCUT2D eigenvalue weighted by Crippen LogP contribution is -2.61. The summed E-state index contributed by atoms with van der Waals surface area (Å²) in [6, 6.07) is -0.283. The van der Waals surface area contributed by atoms with Gasteiger partial charge < -0.3 is 52.6 Å². The van der Waals surface area contributed by atoms with Crippen LogP contribution in [0.2, 0.25) is 0 Å². The molecule has 328 valence electrons. The highest BCUT2D eigenvalue weighted by Crippen LogP contribution is 2.46. The Morgan fingerprint density at radius 1 is 0.895 bits per heavy atom. The molecule has 18 atom stereocenters. The van der Waals surface area contributed by atoms with Crippen LogP contribution in [0.1, 0.15) is 108 Å². The third kappa shape index (κ3) is 9.88. The van der Waals surface area contributed by atoms with E-state index in [0.717, 1.165) is 0 Å². The molecule has 0 aromatic rings. The molecule has 1 unspecified atom stereocenters. The van der Waals surface area contributed by atoms with Crippen LogP contribution in [0.15, 0.2) is 0 Å². The SMILES string of the molecule is CC[C@H]1OC(=O)[C@H](C)[C@@H](OC2C[C@](C)(OC)[C@@H](OC(C)=O)[C@H](C)O2)[C@H](C)[C@@H](O[C@@H]2O[C@H](C)C[C@H](N(C)C)[C@H]2O)[C@](C)(OC)C[C@@H](C)C(=O)[C@H](C)[C@H]2CC(=O)O[C@@]21C. The van der Waals surface area contributed by atoms with Crippen LogP contribution in [-0.2, 0) is 61.8 Å². The van der Waals surface area contributed by atoms with E-state index in [-0.39, 0.29) is 37.2 Å². The van der Waals surface area contributed by atoms with Gasteiger partial charge in [0.25, 0.3) is 0 Å². The van der Waals surface area contributed by atoms with E-state index in [4.69, 9.17) is 42.6 Å². The quantitative estimate of drug-likeness (QED) is 0.259. The predicted molar refractivity (Wildman–Crippen MR) is 207 cm³/mol. The average Bonchev–Trinajstić information content (AvgIpc) is 3.46.